The van der Waals surface area contributed by atoms with E-state index in [9.17, 15) is 13.9 Å². The molecule has 4 aromatic rings. The summed E-state index contributed by atoms with van der Waals surface area (Å²) in [6, 6.07) is 12.1. The highest BCUT2D eigenvalue weighted by Gasteiger charge is 2.42. The van der Waals surface area contributed by atoms with Crippen molar-refractivity contribution in [1.82, 2.24) is 19.7 Å². The van der Waals surface area contributed by atoms with Crippen LogP contribution in [-0.4, -0.2) is 31.0 Å². The fourth-order valence-corrected chi connectivity index (χ4v) is 4.43. The van der Waals surface area contributed by atoms with Crippen molar-refractivity contribution in [2.24, 2.45) is 0 Å². The number of hydrogen-bond acceptors (Lipinski definition) is 6. The molecule has 0 saturated heterocycles. The highest BCUT2D eigenvalue weighted by atomic mass is 32.1. The van der Waals surface area contributed by atoms with Crippen LogP contribution in [0.15, 0.2) is 60.5 Å². The van der Waals surface area contributed by atoms with E-state index in [4.69, 9.17) is 5.26 Å². The molecule has 0 radical (unpaired) electrons. The monoisotopic (exact) mass is 437 g/mol. The number of nitriles is 1. The first-order chi connectivity index (χ1) is 14.9. The summed E-state index contributed by atoms with van der Waals surface area (Å²) < 4.78 is 30.3. The lowest BCUT2D eigenvalue weighted by molar-refractivity contribution is 0.0873. The van der Waals surface area contributed by atoms with Crippen molar-refractivity contribution in [3.63, 3.8) is 0 Å². The predicted octanol–water partition coefficient (Wildman–Crippen LogP) is 3.92. The van der Waals surface area contributed by atoms with E-state index in [1.165, 1.54) is 28.7 Å². The fraction of sp³-hybridized carbons (Fsp3) is 0.182. The molecule has 0 fully saturated rings. The van der Waals surface area contributed by atoms with Gasteiger partial charge in [-0.25, -0.2) is 18.7 Å². The quantitative estimate of drug-likeness (QED) is 0.494. The number of nitrogens with zero attached hydrogens (tertiary/aromatic N) is 5. The van der Waals surface area contributed by atoms with Gasteiger partial charge < -0.3 is 5.11 Å². The Morgan fingerprint density at radius 1 is 1.23 bits per heavy atom. The lowest BCUT2D eigenvalue weighted by Crippen LogP contribution is -2.41. The summed E-state index contributed by atoms with van der Waals surface area (Å²) in [5, 5.41) is 26.4. The van der Waals surface area contributed by atoms with Crippen LogP contribution in [0.25, 0.3) is 11.3 Å². The summed E-state index contributed by atoms with van der Waals surface area (Å²) in [6.45, 7) is 1.64. The van der Waals surface area contributed by atoms with Crippen LogP contribution >= 0.6 is 11.3 Å². The largest absolute Gasteiger partial charge is 0.390 e. The van der Waals surface area contributed by atoms with E-state index in [2.05, 4.69) is 21.1 Å². The number of rotatable bonds is 6. The topological polar surface area (TPSA) is 87.6 Å². The minimum absolute atomic E-state index is 0.000781. The minimum Gasteiger partial charge on any atom is -0.390 e. The average Bonchev–Trinajstić information content (AvgIpc) is 3.47. The number of benzene rings is 2. The van der Waals surface area contributed by atoms with Gasteiger partial charge in [-0.15, -0.1) is 11.3 Å². The lowest BCUT2D eigenvalue weighted by atomic mass is 9.77. The third-order valence-corrected chi connectivity index (χ3v) is 6.32. The third-order valence-electron chi connectivity index (χ3n) is 5.24. The van der Waals surface area contributed by atoms with Gasteiger partial charge in [0.2, 0.25) is 0 Å². The first-order valence-electron chi connectivity index (χ1n) is 9.34. The van der Waals surface area contributed by atoms with Crippen molar-refractivity contribution in [2.45, 2.75) is 25.0 Å². The normalized spacial score (nSPS) is 14.0. The molecule has 2 heterocycles. The number of aliphatic hydroxyl groups is 1. The van der Waals surface area contributed by atoms with Crippen molar-refractivity contribution in [2.75, 3.05) is 0 Å². The van der Waals surface area contributed by atoms with E-state index in [1.807, 2.05) is 0 Å². The molecular weight excluding hydrogens is 420 g/mol. The fourth-order valence-electron chi connectivity index (χ4n) is 3.38. The number of thiazole rings is 1. The van der Waals surface area contributed by atoms with Crippen LogP contribution in [0, 0.1) is 23.0 Å². The van der Waals surface area contributed by atoms with E-state index in [1.54, 1.807) is 36.6 Å². The van der Waals surface area contributed by atoms with Crippen molar-refractivity contribution >= 4 is 11.3 Å². The van der Waals surface area contributed by atoms with E-state index in [0.29, 0.717) is 16.3 Å². The molecular formula is C22H17F2N5OS. The third kappa shape index (κ3) is 3.95. The predicted molar refractivity (Wildman–Crippen MR) is 111 cm³/mol. The van der Waals surface area contributed by atoms with Crippen LogP contribution in [0.4, 0.5) is 8.78 Å². The van der Waals surface area contributed by atoms with Gasteiger partial charge >= 0.3 is 0 Å². The van der Waals surface area contributed by atoms with Gasteiger partial charge in [0.25, 0.3) is 0 Å². The summed E-state index contributed by atoms with van der Waals surface area (Å²) >= 11 is 1.24. The summed E-state index contributed by atoms with van der Waals surface area (Å²) in [7, 11) is 0. The molecule has 2 aromatic heterocycles. The highest BCUT2D eigenvalue weighted by molar-refractivity contribution is 7.10. The zero-order valence-corrected chi connectivity index (χ0v) is 17.2. The molecule has 0 aliphatic heterocycles. The number of aromatic nitrogens is 4. The van der Waals surface area contributed by atoms with E-state index in [0.717, 1.165) is 23.8 Å². The van der Waals surface area contributed by atoms with Gasteiger partial charge in [-0.2, -0.15) is 10.4 Å². The molecule has 0 saturated carbocycles. The molecule has 1 unspecified atom stereocenters. The smallest absolute Gasteiger partial charge is 0.137 e. The molecule has 6 nitrogen and oxygen atoms in total. The Labute approximate surface area is 181 Å². The number of aliphatic hydroxyl groups excluding tert-OH is 1. The summed E-state index contributed by atoms with van der Waals surface area (Å²) in [5.74, 6) is -1.25. The number of hydrogen-bond donors (Lipinski definition) is 1. The van der Waals surface area contributed by atoms with Gasteiger partial charge in [0.15, 0.2) is 0 Å². The molecule has 31 heavy (non-hydrogen) atoms. The average molecular weight is 437 g/mol. The zero-order valence-electron chi connectivity index (χ0n) is 16.4. The standard InChI is InChI=1S/C22H17F2N5OS/c1-22(17-8-16(23)6-7-18(17)24,20(30)10-29-13-26-12-27-29)21-28-19(11-31-21)15-4-2-14(9-25)3-5-15/h2-8,11-13,20,30H,10H2,1H3/t20-,22?/m0/s1. The van der Waals surface area contributed by atoms with Gasteiger partial charge in [-0.1, -0.05) is 12.1 Å². The van der Waals surface area contributed by atoms with Crippen LogP contribution in [-0.2, 0) is 12.0 Å². The summed E-state index contributed by atoms with van der Waals surface area (Å²) in [5.41, 5.74) is 0.554. The van der Waals surface area contributed by atoms with Crippen LogP contribution in [0.2, 0.25) is 0 Å². The van der Waals surface area contributed by atoms with Gasteiger partial charge in [0.05, 0.1) is 35.4 Å². The first-order valence-corrected chi connectivity index (χ1v) is 10.2. The first kappa shape index (κ1) is 20.8. The molecule has 1 N–H and O–H groups in total. The Morgan fingerprint density at radius 2 is 2.00 bits per heavy atom. The maximum absolute atomic E-state index is 14.8. The second-order valence-electron chi connectivity index (χ2n) is 7.19. The van der Waals surface area contributed by atoms with Crippen molar-refractivity contribution in [3.05, 3.63) is 88.3 Å². The molecule has 0 bridgehead atoms. The van der Waals surface area contributed by atoms with E-state index < -0.39 is 23.2 Å². The van der Waals surface area contributed by atoms with Gasteiger partial charge in [0.1, 0.15) is 29.3 Å². The van der Waals surface area contributed by atoms with Crippen LogP contribution in [0.3, 0.4) is 0 Å². The number of halogens is 2. The molecule has 0 aliphatic carbocycles. The molecule has 2 atom stereocenters. The van der Waals surface area contributed by atoms with Gasteiger partial charge in [-0.3, -0.25) is 4.68 Å². The summed E-state index contributed by atoms with van der Waals surface area (Å²) in [6.07, 6.45) is 1.60. The van der Waals surface area contributed by atoms with Crippen LogP contribution in [0.1, 0.15) is 23.1 Å². The second kappa shape index (κ2) is 8.34. The van der Waals surface area contributed by atoms with Crippen molar-refractivity contribution in [1.29, 1.82) is 5.26 Å². The Hall–Kier alpha value is -3.48. The Bertz CT molecular complexity index is 1230. The minimum atomic E-state index is -1.35. The van der Waals surface area contributed by atoms with Gasteiger partial charge in [-0.05, 0) is 37.3 Å². The van der Waals surface area contributed by atoms with Crippen molar-refractivity contribution in [3.8, 4) is 17.3 Å². The Balaban J connectivity index is 1.80. The molecule has 0 amide bonds. The molecule has 2 aromatic carbocycles. The van der Waals surface area contributed by atoms with Crippen LogP contribution < -0.4 is 0 Å². The lowest BCUT2D eigenvalue weighted by Gasteiger charge is -2.33. The van der Waals surface area contributed by atoms with Gasteiger partial charge in [0, 0.05) is 16.5 Å². The maximum atomic E-state index is 14.8. The summed E-state index contributed by atoms with van der Waals surface area (Å²) in [4.78, 5) is 8.51. The highest BCUT2D eigenvalue weighted by Crippen LogP contribution is 2.40. The molecule has 0 spiro atoms. The Kier molecular flexibility index (Phi) is 5.59. The molecule has 0 aliphatic rings. The van der Waals surface area contributed by atoms with Crippen LogP contribution in [0.5, 0.6) is 0 Å². The zero-order chi connectivity index (χ0) is 22.0. The van der Waals surface area contributed by atoms with Crippen molar-refractivity contribution < 1.29 is 13.9 Å². The molecule has 9 heteroatoms. The SMILES string of the molecule is CC(c1nc(-c2ccc(C#N)cc2)cs1)(c1cc(F)ccc1F)[C@@H](O)Cn1cncn1. The molecule has 4 rings (SSSR count). The Morgan fingerprint density at radius 3 is 2.68 bits per heavy atom. The maximum Gasteiger partial charge on any atom is 0.137 e. The molecule has 156 valence electrons. The van der Waals surface area contributed by atoms with E-state index >= 15 is 0 Å². The second-order valence-corrected chi connectivity index (χ2v) is 8.04. The van der Waals surface area contributed by atoms with E-state index in [-0.39, 0.29) is 12.1 Å².